The van der Waals surface area contributed by atoms with Crippen LogP contribution in [0.1, 0.15) is 30.5 Å². The van der Waals surface area contributed by atoms with Crippen molar-refractivity contribution in [1.82, 2.24) is 5.32 Å². The average molecular weight is 209 g/mol. The smallest absolute Gasteiger partial charge is 0.0302 e. The predicted octanol–water partition coefficient (Wildman–Crippen LogP) is 3.32. The van der Waals surface area contributed by atoms with E-state index in [4.69, 9.17) is 0 Å². The molecule has 1 rings (SSSR count). The molecule has 2 heteroatoms. The lowest BCUT2D eigenvalue weighted by Gasteiger charge is -2.15. The van der Waals surface area contributed by atoms with Crippen LogP contribution in [0.25, 0.3) is 0 Å². The summed E-state index contributed by atoms with van der Waals surface area (Å²) in [4.78, 5) is 2.85. The summed E-state index contributed by atoms with van der Waals surface area (Å²) >= 11 is 1.89. The standard InChI is InChI=1S/C12H19NS/c1-5-8-13-9-10-6-7-11(14-10)12(2,3)4/h5-7,13H,1,8-9H2,2-4H3. The molecule has 0 unspecified atom stereocenters. The van der Waals surface area contributed by atoms with Crippen LogP contribution < -0.4 is 5.32 Å². The number of rotatable bonds is 4. The van der Waals surface area contributed by atoms with Crippen LogP contribution in [-0.4, -0.2) is 6.54 Å². The number of hydrogen-bond donors (Lipinski definition) is 1. The molecule has 0 spiro atoms. The molecule has 0 aliphatic rings. The van der Waals surface area contributed by atoms with E-state index in [1.54, 1.807) is 0 Å². The Labute approximate surface area is 90.9 Å². The second-order valence-electron chi connectivity index (χ2n) is 4.44. The average Bonchev–Trinajstić information content (AvgIpc) is 2.52. The topological polar surface area (TPSA) is 12.0 Å². The third kappa shape index (κ3) is 3.28. The normalized spacial score (nSPS) is 11.6. The molecule has 14 heavy (non-hydrogen) atoms. The summed E-state index contributed by atoms with van der Waals surface area (Å²) in [6.45, 7) is 12.3. The van der Waals surface area contributed by atoms with Gasteiger partial charge in [0.05, 0.1) is 0 Å². The minimum absolute atomic E-state index is 0.279. The van der Waals surface area contributed by atoms with E-state index in [0.717, 1.165) is 13.1 Å². The van der Waals surface area contributed by atoms with Crippen molar-refractivity contribution in [2.45, 2.75) is 32.7 Å². The Hall–Kier alpha value is -0.600. The quantitative estimate of drug-likeness (QED) is 0.592. The van der Waals surface area contributed by atoms with Gasteiger partial charge in [0.1, 0.15) is 0 Å². The number of thiophene rings is 1. The largest absolute Gasteiger partial charge is 0.308 e. The van der Waals surface area contributed by atoms with Gasteiger partial charge in [-0.2, -0.15) is 0 Å². The van der Waals surface area contributed by atoms with Crippen molar-refractivity contribution < 1.29 is 0 Å². The van der Waals surface area contributed by atoms with Crippen LogP contribution in [0.2, 0.25) is 0 Å². The molecule has 0 radical (unpaired) electrons. The molecule has 0 amide bonds. The van der Waals surface area contributed by atoms with Crippen LogP contribution in [0.15, 0.2) is 24.8 Å². The second-order valence-corrected chi connectivity index (χ2v) is 5.60. The minimum Gasteiger partial charge on any atom is -0.308 e. The summed E-state index contributed by atoms with van der Waals surface area (Å²) in [6, 6.07) is 4.44. The van der Waals surface area contributed by atoms with Gasteiger partial charge in [-0.25, -0.2) is 0 Å². The van der Waals surface area contributed by atoms with Crippen LogP contribution in [0.3, 0.4) is 0 Å². The zero-order valence-electron chi connectivity index (χ0n) is 9.26. The zero-order chi connectivity index (χ0) is 10.6. The van der Waals surface area contributed by atoms with Gasteiger partial charge < -0.3 is 5.32 Å². The van der Waals surface area contributed by atoms with E-state index in [9.17, 15) is 0 Å². The number of hydrogen-bond acceptors (Lipinski definition) is 2. The van der Waals surface area contributed by atoms with Crippen LogP contribution in [0.5, 0.6) is 0 Å². The van der Waals surface area contributed by atoms with Gasteiger partial charge in [0.15, 0.2) is 0 Å². The zero-order valence-corrected chi connectivity index (χ0v) is 10.1. The first-order valence-corrected chi connectivity index (χ1v) is 5.76. The van der Waals surface area contributed by atoms with E-state index in [0.29, 0.717) is 0 Å². The molecule has 0 atom stereocenters. The molecular formula is C12H19NS. The monoisotopic (exact) mass is 209 g/mol. The van der Waals surface area contributed by atoms with Gasteiger partial charge in [0.2, 0.25) is 0 Å². The van der Waals surface area contributed by atoms with Gasteiger partial charge in [0.25, 0.3) is 0 Å². The highest BCUT2D eigenvalue weighted by Crippen LogP contribution is 2.29. The highest BCUT2D eigenvalue weighted by Gasteiger charge is 2.15. The molecule has 0 aliphatic carbocycles. The maximum atomic E-state index is 3.68. The molecular weight excluding hydrogens is 190 g/mol. The molecule has 1 aromatic rings. The Kier molecular flexibility index (Phi) is 3.90. The lowest BCUT2D eigenvalue weighted by atomic mass is 9.95. The molecule has 1 N–H and O–H groups in total. The van der Waals surface area contributed by atoms with E-state index in [-0.39, 0.29) is 5.41 Å². The fourth-order valence-electron chi connectivity index (χ4n) is 1.17. The van der Waals surface area contributed by atoms with Gasteiger partial charge in [-0.15, -0.1) is 17.9 Å². The Balaban J connectivity index is 2.55. The Morgan fingerprint density at radius 1 is 1.43 bits per heavy atom. The Bertz CT molecular complexity index is 294. The summed E-state index contributed by atoms with van der Waals surface area (Å²) in [5, 5.41) is 3.31. The molecule has 0 bridgehead atoms. The van der Waals surface area contributed by atoms with Crippen molar-refractivity contribution in [3.05, 3.63) is 34.5 Å². The Morgan fingerprint density at radius 3 is 2.64 bits per heavy atom. The SMILES string of the molecule is C=CCNCc1ccc(C(C)(C)C)s1. The number of nitrogens with one attached hydrogen (secondary N) is 1. The summed E-state index contributed by atoms with van der Waals surface area (Å²) in [6.07, 6.45) is 1.89. The highest BCUT2D eigenvalue weighted by molar-refractivity contribution is 7.12. The first kappa shape index (κ1) is 11.5. The predicted molar refractivity (Wildman–Crippen MR) is 64.9 cm³/mol. The fourth-order valence-corrected chi connectivity index (χ4v) is 2.21. The van der Waals surface area contributed by atoms with Crippen molar-refractivity contribution in [2.75, 3.05) is 6.54 Å². The van der Waals surface area contributed by atoms with Crippen molar-refractivity contribution in [3.8, 4) is 0 Å². The summed E-state index contributed by atoms with van der Waals surface area (Å²) < 4.78 is 0. The maximum Gasteiger partial charge on any atom is 0.0302 e. The fraction of sp³-hybridized carbons (Fsp3) is 0.500. The van der Waals surface area contributed by atoms with Crippen molar-refractivity contribution in [2.24, 2.45) is 0 Å². The van der Waals surface area contributed by atoms with E-state index < -0.39 is 0 Å². The first-order chi connectivity index (χ1) is 6.54. The molecule has 1 heterocycles. The molecule has 1 aromatic heterocycles. The van der Waals surface area contributed by atoms with Gasteiger partial charge in [0, 0.05) is 22.8 Å². The van der Waals surface area contributed by atoms with Crippen LogP contribution in [0, 0.1) is 0 Å². The molecule has 0 fully saturated rings. The second kappa shape index (κ2) is 4.76. The minimum atomic E-state index is 0.279. The Morgan fingerprint density at radius 2 is 2.14 bits per heavy atom. The molecule has 0 aliphatic heterocycles. The molecule has 0 aromatic carbocycles. The summed E-state index contributed by atoms with van der Waals surface area (Å²) in [7, 11) is 0. The molecule has 0 saturated heterocycles. The van der Waals surface area contributed by atoms with Gasteiger partial charge in [-0.05, 0) is 17.5 Å². The maximum absolute atomic E-state index is 3.68. The third-order valence-corrected chi connectivity index (χ3v) is 3.50. The van der Waals surface area contributed by atoms with E-state index in [1.807, 2.05) is 17.4 Å². The van der Waals surface area contributed by atoms with Crippen LogP contribution in [-0.2, 0) is 12.0 Å². The van der Waals surface area contributed by atoms with E-state index >= 15 is 0 Å². The highest BCUT2D eigenvalue weighted by atomic mass is 32.1. The van der Waals surface area contributed by atoms with Crippen LogP contribution >= 0.6 is 11.3 Å². The van der Waals surface area contributed by atoms with Crippen molar-refractivity contribution in [1.29, 1.82) is 0 Å². The van der Waals surface area contributed by atoms with E-state index in [2.05, 4.69) is 44.8 Å². The lowest BCUT2D eigenvalue weighted by Crippen LogP contribution is -2.11. The lowest BCUT2D eigenvalue weighted by molar-refractivity contribution is 0.604. The van der Waals surface area contributed by atoms with Crippen LogP contribution in [0.4, 0.5) is 0 Å². The first-order valence-electron chi connectivity index (χ1n) is 4.95. The molecule has 1 nitrogen and oxygen atoms in total. The van der Waals surface area contributed by atoms with Gasteiger partial charge >= 0.3 is 0 Å². The van der Waals surface area contributed by atoms with E-state index in [1.165, 1.54) is 9.75 Å². The van der Waals surface area contributed by atoms with Gasteiger partial charge in [-0.1, -0.05) is 26.8 Å². The van der Waals surface area contributed by atoms with Crippen molar-refractivity contribution in [3.63, 3.8) is 0 Å². The van der Waals surface area contributed by atoms with Gasteiger partial charge in [-0.3, -0.25) is 0 Å². The molecule has 0 saturated carbocycles. The summed E-state index contributed by atoms with van der Waals surface area (Å²) in [5.41, 5.74) is 0.279. The van der Waals surface area contributed by atoms with Crippen molar-refractivity contribution >= 4 is 11.3 Å². The third-order valence-electron chi connectivity index (χ3n) is 1.99. The molecule has 78 valence electrons. The summed E-state index contributed by atoms with van der Waals surface area (Å²) in [5.74, 6) is 0.